The lowest BCUT2D eigenvalue weighted by Gasteiger charge is -2.20. The first kappa shape index (κ1) is 19.4. The van der Waals surface area contributed by atoms with E-state index in [4.69, 9.17) is 11.6 Å². The normalized spacial score (nSPS) is 13.2. The number of halogens is 2. The van der Waals surface area contributed by atoms with Gasteiger partial charge < -0.3 is 5.32 Å². The summed E-state index contributed by atoms with van der Waals surface area (Å²) in [6.07, 6.45) is 0.604. The van der Waals surface area contributed by atoms with Gasteiger partial charge in [-0.05, 0) is 54.4 Å². The Kier molecular flexibility index (Phi) is 5.02. The Labute approximate surface area is 172 Å². The topological polar surface area (TPSA) is 66.5 Å². The SMILES string of the molecule is O=C(Nc1cccc(F)c1)c1ccc(Cl)c(S(=O)(=O)N2CCc3ccccc32)c1. The Morgan fingerprint density at radius 2 is 1.83 bits per heavy atom. The van der Waals surface area contributed by atoms with E-state index in [1.807, 2.05) is 12.1 Å². The van der Waals surface area contributed by atoms with Crippen LogP contribution in [0, 0.1) is 5.82 Å². The fraction of sp³-hybridized carbons (Fsp3) is 0.0952. The smallest absolute Gasteiger partial charge is 0.265 e. The van der Waals surface area contributed by atoms with E-state index in [9.17, 15) is 17.6 Å². The number of sulfonamides is 1. The van der Waals surface area contributed by atoms with Crippen LogP contribution in [0.5, 0.6) is 0 Å². The summed E-state index contributed by atoms with van der Waals surface area (Å²) in [7, 11) is -3.96. The molecule has 0 atom stereocenters. The monoisotopic (exact) mass is 430 g/mol. The maximum atomic E-state index is 13.3. The molecule has 0 fully saturated rings. The van der Waals surface area contributed by atoms with Crippen molar-refractivity contribution >= 4 is 38.9 Å². The number of amides is 1. The van der Waals surface area contributed by atoms with Crippen molar-refractivity contribution in [3.8, 4) is 0 Å². The molecule has 5 nitrogen and oxygen atoms in total. The van der Waals surface area contributed by atoms with Crippen LogP contribution in [0.4, 0.5) is 15.8 Å². The molecule has 8 heteroatoms. The average molecular weight is 431 g/mol. The molecule has 0 saturated heterocycles. The van der Waals surface area contributed by atoms with Crippen molar-refractivity contribution in [2.45, 2.75) is 11.3 Å². The van der Waals surface area contributed by atoms with Crippen molar-refractivity contribution in [1.29, 1.82) is 0 Å². The van der Waals surface area contributed by atoms with Crippen LogP contribution in [0.3, 0.4) is 0 Å². The molecule has 3 aromatic carbocycles. The maximum absolute atomic E-state index is 13.3. The minimum atomic E-state index is -3.96. The van der Waals surface area contributed by atoms with E-state index in [1.54, 1.807) is 12.1 Å². The van der Waals surface area contributed by atoms with E-state index in [1.165, 1.54) is 46.8 Å². The number of para-hydroxylation sites is 1. The van der Waals surface area contributed by atoms with Crippen LogP contribution in [-0.2, 0) is 16.4 Å². The Hall–Kier alpha value is -2.90. The number of rotatable bonds is 4. The van der Waals surface area contributed by atoms with Gasteiger partial charge in [-0.2, -0.15) is 0 Å². The standard InChI is InChI=1S/C21H16ClFN2O3S/c22-18-9-8-15(21(26)24-17-6-3-5-16(23)13-17)12-20(18)29(27,28)25-11-10-14-4-1-2-7-19(14)25/h1-9,12-13H,10-11H2,(H,24,26). The zero-order chi connectivity index (χ0) is 20.6. The number of nitrogens with zero attached hydrogens (tertiary/aromatic N) is 1. The summed E-state index contributed by atoms with van der Waals surface area (Å²) in [6, 6.07) is 16.7. The summed E-state index contributed by atoms with van der Waals surface area (Å²) in [5, 5.41) is 2.58. The zero-order valence-corrected chi connectivity index (χ0v) is 16.7. The zero-order valence-electron chi connectivity index (χ0n) is 15.1. The van der Waals surface area contributed by atoms with E-state index in [0.717, 1.165) is 5.56 Å². The molecule has 1 heterocycles. The van der Waals surface area contributed by atoms with Gasteiger partial charge in [0.15, 0.2) is 0 Å². The molecular formula is C21H16ClFN2O3S. The van der Waals surface area contributed by atoms with Gasteiger partial charge in [0.1, 0.15) is 10.7 Å². The number of carbonyl (C=O) groups excluding carboxylic acids is 1. The molecule has 0 aliphatic carbocycles. The summed E-state index contributed by atoms with van der Waals surface area (Å²) in [6.45, 7) is 0.303. The van der Waals surface area contributed by atoms with E-state index >= 15 is 0 Å². The highest BCUT2D eigenvalue weighted by molar-refractivity contribution is 7.93. The second-order valence-electron chi connectivity index (χ2n) is 6.57. The number of benzene rings is 3. The summed E-state index contributed by atoms with van der Waals surface area (Å²) >= 11 is 6.18. The van der Waals surface area contributed by atoms with Gasteiger partial charge in [-0.1, -0.05) is 35.9 Å². The molecule has 0 spiro atoms. The summed E-state index contributed by atoms with van der Waals surface area (Å²) in [4.78, 5) is 12.4. The highest BCUT2D eigenvalue weighted by Crippen LogP contribution is 2.35. The van der Waals surface area contributed by atoms with Gasteiger partial charge in [-0.15, -0.1) is 0 Å². The molecule has 0 bridgehead atoms. The molecule has 3 aromatic rings. The molecular weight excluding hydrogens is 415 g/mol. The predicted molar refractivity (Wildman–Crippen MR) is 110 cm³/mol. The molecule has 1 aliphatic rings. The van der Waals surface area contributed by atoms with Gasteiger partial charge in [-0.3, -0.25) is 9.10 Å². The molecule has 148 valence electrons. The third kappa shape index (κ3) is 3.71. The molecule has 1 N–H and O–H groups in total. The van der Waals surface area contributed by atoms with Crippen molar-refractivity contribution < 1.29 is 17.6 Å². The lowest BCUT2D eigenvalue weighted by molar-refractivity contribution is 0.102. The fourth-order valence-electron chi connectivity index (χ4n) is 3.29. The van der Waals surface area contributed by atoms with Gasteiger partial charge in [0.25, 0.3) is 15.9 Å². The van der Waals surface area contributed by atoms with Crippen LogP contribution in [0.2, 0.25) is 5.02 Å². The Balaban J connectivity index is 1.67. The minimum Gasteiger partial charge on any atom is -0.322 e. The number of hydrogen-bond donors (Lipinski definition) is 1. The Morgan fingerprint density at radius 3 is 2.62 bits per heavy atom. The molecule has 0 aromatic heterocycles. The fourth-order valence-corrected chi connectivity index (χ4v) is 5.29. The molecule has 4 rings (SSSR count). The summed E-state index contributed by atoms with van der Waals surface area (Å²) < 4.78 is 41.1. The highest BCUT2D eigenvalue weighted by atomic mass is 35.5. The molecule has 0 radical (unpaired) electrons. The quantitative estimate of drug-likeness (QED) is 0.663. The van der Waals surface area contributed by atoms with Crippen molar-refractivity contribution in [2.75, 3.05) is 16.2 Å². The first-order valence-corrected chi connectivity index (χ1v) is 10.7. The largest absolute Gasteiger partial charge is 0.322 e. The number of carbonyl (C=O) groups is 1. The van der Waals surface area contributed by atoms with Crippen LogP contribution < -0.4 is 9.62 Å². The van der Waals surface area contributed by atoms with Crippen LogP contribution in [0.15, 0.2) is 71.6 Å². The number of nitrogens with one attached hydrogen (secondary N) is 1. The summed E-state index contributed by atoms with van der Waals surface area (Å²) in [5.41, 5.74) is 1.91. The van der Waals surface area contributed by atoms with Gasteiger partial charge in [0.2, 0.25) is 0 Å². The lowest BCUT2D eigenvalue weighted by atomic mass is 10.2. The predicted octanol–water partition coefficient (Wildman–Crippen LogP) is 4.48. The molecule has 0 unspecified atom stereocenters. The Bertz CT molecular complexity index is 1210. The van der Waals surface area contributed by atoms with Gasteiger partial charge in [0.05, 0.1) is 10.7 Å². The number of fused-ring (bicyclic) bond motifs is 1. The van der Waals surface area contributed by atoms with Crippen molar-refractivity contribution in [3.05, 3.63) is 88.7 Å². The second-order valence-corrected chi connectivity index (χ2v) is 8.80. The highest BCUT2D eigenvalue weighted by Gasteiger charge is 2.32. The average Bonchev–Trinajstić information content (AvgIpc) is 3.13. The molecule has 29 heavy (non-hydrogen) atoms. The van der Waals surface area contributed by atoms with Gasteiger partial charge in [-0.25, -0.2) is 12.8 Å². The Morgan fingerprint density at radius 1 is 1.03 bits per heavy atom. The van der Waals surface area contributed by atoms with Gasteiger partial charge >= 0.3 is 0 Å². The van der Waals surface area contributed by atoms with E-state index in [2.05, 4.69) is 5.32 Å². The number of hydrogen-bond acceptors (Lipinski definition) is 3. The number of anilines is 2. The van der Waals surface area contributed by atoms with Crippen molar-refractivity contribution in [1.82, 2.24) is 0 Å². The van der Waals surface area contributed by atoms with Crippen molar-refractivity contribution in [3.63, 3.8) is 0 Å². The van der Waals surface area contributed by atoms with Crippen LogP contribution >= 0.6 is 11.6 Å². The first-order valence-electron chi connectivity index (χ1n) is 8.83. The van der Waals surface area contributed by atoms with E-state index in [-0.39, 0.29) is 21.2 Å². The van der Waals surface area contributed by atoms with E-state index in [0.29, 0.717) is 18.7 Å². The third-order valence-electron chi connectivity index (χ3n) is 4.69. The van der Waals surface area contributed by atoms with Crippen LogP contribution in [-0.4, -0.2) is 20.9 Å². The maximum Gasteiger partial charge on any atom is 0.265 e. The third-order valence-corrected chi connectivity index (χ3v) is 6.98. The van der Waals surface area contributed by atoms with Gasteiger partial charge in [0, 0.05) is 17.8 Å². The molecule has 0 saturated carbocycles. The van der Waals surface area contributed by atoms with Crippen LogP contribution in [0.1, 0.15) is 15.9 Å². The van der Waals surface area contributed by atoms with Crippen LogP contribution in [0.25, 0.3) is 0 Å². The van der Waals surface area contributed by atoms with E-state index < -0.39 is 21.7 Å². The van der Waals surface area contributed by atoms with Crippen molar-refractivity contribution in [2.24, 2.45) is 0 Å². The molecule has 1 amide bonds. The molecule has 1 aliphatic heterocycles. The minimum absolute atomic E-state index is 0.0247. The second kappa shape index (κ2) is 7.50. The summed E-state index contributed by atoms with van der Waals surface area (Å²) in [5.74, 6) is -1.06. The lowest BCUT2D eigenvalue weighted by Crippen LogP contribution is -2.29. The first-order chi connectivity index (χ1) is 13.9.